The molecule has 10 heteroatoms. The molecule has 0 spiro atoms. The average molecular weight is 457 g/mol. The van der Waals surface area contributed by atoms with Gasteiger partial charge in [-0.2, -0.15) is 13.2 Å². The number of amides is 3. The quantitative estimate of drug-likeness (QED) is 0.499. The number of aromatic nitrogens is 1. The number of halogens is 3. The monoisotopic (exact) mass is 457 g/mol. The zero-order valence-corrected chi connectivity index (χ0v) is 17.9. The first-order chi connectivity index (χ1) is 15.6. The van der Waals surface area contributed by atoms with Gasteiger partial charge in [-0.1, -0.05) is 18.2 Å². The molecule has 3 amide bonds. The number of rotatable bonds is 6. The molecule has 3 rings (SSSR count). The Bertz CT molecular complexity index is 1130. The van der Waals surface area contributed by atoms with Crippen LogP contribution in [-0.4, -0.2) is 31.0 Å². The van der Waals surface area contributed by atoms with Crippen molar-refractivity contribution in [1.82, 2.24) is 10.3 Å². The molecule has 0 atom stereocenters. The van der Waals surface area contributed by atoms with Crippen LogP contribution in [0.2, 0.25) is 0 Å². The van der Waals surface area contributed by atoms with E-state index < -0.39 is 17.8 Å². The molecular weight excluding hydrogens is 435 g/mol. The van der Waals surface area contributed by atoms with Gasteiger partial charge in [-0.05, 0) is 42.0 Å². The van der Waals surface area contributed by atoms with E-state index in [1.807, 2.05) is 6.07 Å². The van der Waals surface area contributed by atoms with E-state index in [0.29, 0.717) is 5.69 Å². The molecule has 2 aromatic carbocycles. The van der Waals surface area contributed by atoms with Crippen molar-refractivity contribution < 1.29 is 22.8 Å². The van der Waals surface area contributed by atoms with Crippen LogP contribution < -0.4 is 20.9 Å². The maximum Gasteiger partial charge on any atom is 0.418 e. The maximum atomic E-state index is 13.2. The molecule has 0 bridgehead atoms. The summed E-state index contributed by atoms with van der Waals surface area (Å²) in [4.78, 5) is 30.9. The number of carbonyl (C=O) groups is 2. The Morgan fingerprint density at radius 2 is 1.76 bits per heavy atom. The zero-order valence-electron chi connectivity index (χ0n) is 17.9. The van der Waals surface area contributed by atoms with Gasteiger partial charge >= 0.3 is 12.2 Å². The van der Waals surface area contributed by atoms with E-state index >= 15 is 0 Å². The second kappa shape index (κ2) is 10.0. The van der Waals surface area contributed by atoms with Gasteiger partial charge in [0, 0.05) is 44.4 Å². The standard InChI is InChI=1S/C23H22F3N5O2/c1-31(2)20-10-9-16(12-17(20)21(32)28-14-15-6-5-11-27-13-15)29-22(33)30-19-8-4-3-7-18(19)23(24,25)26/h3-13H,14H2,1-2H3,(H,28,32)(H2,29,30,33). The Hall–Kier alpha value is -4.08. The van der Waals surface area contributed by atoms with Gasteiger partial charge in [0.05, 0.1) is 16.8 Å². The number of hydrogen-bond donors (Lipinski definition) is 3. The molecule has 0 saturated heterocycles. The Balaban J connectivity index is 1.76. The van der Waals surface area contributed by atoms with Crippen LogP contribution in [0.1, 0.15) is 21.5 Å². The Labute approximate surface area is 188 Å². The van der Waals surface area contributed by atoms with Gasteiger partial charge in [0.25, 0.3) is 5.91 Å². The lowest BCUT2D eigenvalue weighted by Crippen LogP contribution is -2.26. The van der Waals surface area contributed by atoms with Gasteiger partial charge in [0.1, 0.15) is 0 Å². The minimum absolute atomic E-state index is 0.245. The molecule has 1 aromatic heterocycles. The topological polar surface area (TPSA) is 86.4 Å². The van der Waals surface area contributed by atoms with Crippen molar-refractivity contribution in [2.75, 3.05) is 29.6 Å². The van der Waals surface area contributed by atoms with E-state index in [1.54, 1.807) is 49.6 Å². The van der Waals surface area contributed by atoms with Gasteiger partial charge in [0.2, 0.25) is 0 Å². The van der Waals surface area contributed by atoms with E-state index in [1.165, 1.54) is 18.2 Å². The first-order valence-corrected chi connectivity index (χ1v) is 9.88. The molecule has 0 radical (unpaired) electrons. The maximum absolute atomic E-state index is 13.2. The second-order valence-corrected chi connectivity index (χ2v) is 7.29. The molecule has 33 heavy (non-hydrogen) atoms. The van der Waals surface area contributed by atoms with E-state index in [4.69, 9.17) is 0 Å². The van der Waals surface area contributed by atoms with Crippen LogP contribution in [0.3, 0.4) is 0 Å². The Morgan fingerprint density at radius 3 is 2.42 bits per heavy atom. The van der Waals surface area contributed by atoms with Crippen LogP contribution in [0.15, 0.2) is 67.0 Å². The van der Waals surface area contributed by atoms with Crippen LogP contribution in [0, 0.1) is 0 Å². The van der Waals surface area contributed by atoms with Crippen LogP contribution >= 0.6 is 0 Å². The summed E-state index contributed by atoms with van der Waals surface area (Å²) in [6, 6.07) is 12.0. The summed E-state index contributed by atoms with van der Waals surface area (Å²) >= 11 is 0. The predicted molar refractivity (Wildman–Crippen MR) is 120 cm³/mol. The molecule has 0 aliphatic rings. The first kappa shape index (κ1) is 23.6. The highest BCUT2D eigenvalue weighted by Gasteiger charge is 2.33. The van der Waals surface area contributed by atoms with Crippen LogP contribution in [0.25, 0.3) is 0 Å². The lowest BCUT2D eigenvalue weighted by molar-refractivity contribution is -0.136. The van der Waals surface area contributed by atoms with Crippen molar-refractivity contribution in [2.24, 2.45) is 0 Å². The minimum atomic E-state index is -4.61. The number of urea groups is 1. The summed E-state index contributed by atoms with van der Waals surface area (Å²) in [5.74, 6) is -0.381. The molecule has 0 fully saturated rings. The van der Waals surface area contributed by atoms with Crippen molar-refractivity contribution in [1.29, 1.82) is 0 Å². The second-order valence-electron chi connectivity index (χ2n) is 7.29. The Kier molecular flexibility index (Phi) is 7.17. The highest BCUT2D eigenvalue weighted by atomic mass is 19.4. The van der Waals surface area contributed by atoms with Crippen molar-refractivity contribution >= 4 is 29.0 Å². The number of benzene rings is 2. The third-order valence-corrected chi connectivity index (χ3v) is 4.64. The van der Waals surface area contributed by atoms with E-state index in [-0.39, 0.29) is 29.4 Å². The number of anilines is 3. The summed E-state index contributed by atoms with van der Waals surface area (Å²) in [6.07, 6.45) is -1.35. The van der Waals surface area contributed by atoms with Crippen LogP contribution in [0.5, 0.6) is 0 Å². The highest BCUT2D eigenvalue weighted by molar-refractivity contribution is 6.04. The molecular formula is C23H22F3N5O2. The normalized spacial score (nSPS) is 10.9. The molecule has 0 unspecified atom stereocenters. The lowest BCUT2D eigenvalue weighted by Gasteiger charge is -2.19. The van der Waals surface area contributed by atoms with Crippen molar-refractivity contribution in [3.05, 3.63) is 83.7 Å². The van der Waals surface area contributed by atoms with Crippen molar-refractivity contribution in [3.8, 4) is 0 Å². The highest BCUT2D eigenvalue weighted by Crippen LogP contribution is 2.34. The molecule has 172 valence electrons. The van der Waals surface area contributed by atoms with E-state index in [9.17, 15) is 22.8 Å². The molecule has 3 N–H and O–H groups in total. The largest absolute Gasteiger partial charge is 0.418 e. The van der Waals surface area contributed by atoms with Gasteiger partial charge in [-0.15, -0.1) is 0 Å². The van der Waals surface area contributed by atoms with Gasteiger partial charge in [0.15, 0.2) is 0 Å². The fraction of sp³-hybridized carbons (Fsp3) is 0.174. The summed E-state index contributed by atoms with van der Waals surface area (Å²) < 4.78 is 39.5. The molecule has 1 heterocycles. The molecule has 3 aromatic rings. The average Bonchev–Trinajstić information content (AvgIpc) is 2.77. The number of nitrogens with one attached hydrogen (secondary N) is 3. The summed E-state index contributed by atoms with van der Waals surface area (Å²) in [5, 5.41) is 7.48. The number of alkyl halides is 3. The minimum Gasteiger partial charge on any atom is -0.377 e. The fourth-order valence-electron chi connectivity index (χ4n) is 3.09. The molecule has 0 aliphatic carbocycles. The number of para-hydroxylation sites is 1. The van der Waals surface area contributed by atoms with Crippen LogP contribution in [-0.2, 0) is 12.7 Å². The number of pyridine rings is 1. The van der Waals surface area contributed by atoms with E-state index in [2.05, 4.69) is 20.9 Å². The number of hydrogen-bond acceptors (Lipinski definition) is 4. The number of nitrogens with zero attached hydrogens (tertiary/aromatic N) is 2. The van der Waals surface area contributed by atoms with Crippen molar-refractivity contribution in [2.45, 2.75) is 12.7 Å². The SMILES string of the molecule is CN(C)c1ccc(NC(=O)Nc2ccccc2C(F)(F)F)cc1C(=O)NCc1cccnc1. The zero-order chi connectivity index (χ0) is 24.0. The molecule has 0 saturated carbocycles. The third kappa shape index (κ3) is 6.22. The fourth-order valence-corrected chi connectivity index (χ4v) is 3.09. The van der Waals surface area contributed by atoms with Gasteiger partial charge < -0.3 is 20.9 Å². The Morgan fingerprint density at radius 1 is 1.00 bits per heavy atom. The summed E-state index contributed by atoms with van der Waals surface area (Å²) in [5.41, 5.74) is 0.619. The summed E-state index contributed by atoms with van der Waals surface area (Å²) in [7, 11) is 3.53. The van der Waals surface area contributed by atoms with E-state index in [0.717, 1.165) is 17.7 Å². The molecule has 7 nitrogen and oxygen atoms in total. The number of carbonyl (C=O) groups excluding carboxylic acids is 2. The first-order valence-electron chi connectivity index (χ1n) is 9.88. The van der Waals surface area contributed by atoms with Crippen molar-refractivity contribution in [3.63, 3.8) is 0 Å². The smallest absolute Gasteiger partial charge is 0.377 e. The predicted octanol–water partition coefficient (Wildman–Crippen LogP) is 4.74. The van der Waals surface area contributed by atoms with Gasteiger partial charge in [-0.25, -0.2) is 4.79 Å². The third-order valence-electron chi connectivity index (χ3n) is 4.64. The molecule has 0 aliphatic heterocycles. The van der Waals surface area contributed by atoms with Gasteiger partial charge in [-0.3, -0.25) is 9.78 Å². The summed E-state index contributed by atoms with van der Waals surface area (Å²) in [6.45, 7) is 0.256. The van der Waals surface area contributed by atoms with Crippen LogP contribution in [0.4, 0.5) is 35.0 Å². The lowest BCUT2D eigenvalue weighted by atomic mass is 10.1.